The molecule has 4 nitrogen and oxygen atoms in total. The Bertz CT molecular complexity index is 645. The largest absolute Gasteiger partial charge is 0.335 e. The zero-order valence-electron chi connectivity index (χ0n) is 12.4. The number of likely N-dealkylation sites (N-methyl/N-ethyl adjacent to an activating group) is 1. The number of hydrogen-bond acceptors (Lipinski definition) is 3. The summed E-state index contributed by atoms with van der Waals surface area (Å²) in [6, 6.07) is 10.1. The molecule has 1 aliphatic rings. The lowest BCUT2D eigenvalue weighted by Gasteiger charge is -2.39. The maximum atomic E-state index is 13.1. The van der Waals surface area contributed by atoms with Crippen molar-refractivity contribution >= 4 is 5.91 Å². The van der Waals surface area contributed by atoms with Gasteiger partial charge in [-0.05, 0) is 36.9 Å². The number of carbonyl (C=O) groups excluding carboxylic acids is 1. The average molecular weight is 299 g/mol. The molecule has 0 spiro atoms. The first-order valence-electron chi connectivity index (χ1n) is 7.30. The van der Waals surface area contributed by atoms with E-state index in [0.717, 1.165) is 12.1 Å². The highest BCUT2D eigenvalue weighted by atomic mass is 19.1. The third-order valence-corrected chi connectivity index (χ3v) is 4.12. The highest BCUT2D eigenvalue weighted by Crippen LogP contribution is 2.25. The van der Waals surface area contributed by atoms with Gasteiger partial charge in [0.2, 0.25) is 0 Å². The lowest BCUT2D eigenvalue weighted by atomic mass is 10.0. The number of rotatable bonds is 2. The Balaban J connectivity index is 1.79. The number of carbonyl (C=O) groups is 1. The maximum Gasteiger partial charge on any atom is 0.254 e. The van der Waals surface area contributed by atoms with Crippen LogP contribution < -0.4 is 0 Å². The van der Waals surface area contributed by atoms with Crippen molar-refractivity contribution in [2.75, 3.05) is 26.7 Å². The van der Waals surface area contributed by atoms with Gasteiger partial charge in [-0.2, -0.15) is 0 Å². The Morgan fingerprint density at radius 3 is 2.50 bits per heavy atom. The van der Waals surface area contributed by atoms with E-state index >= 15 is 0 Å². The molecule has 1 saturated heterocycles. The summed E-state index contributed by atoms with van der Waals surface area (Å²) in [7, 11) is 2.03. The molecule has 1 fully saturated rings. The van der Waals surface area contributed by atoms with Gasteiger partial charge in [-0.3, -0.25) is 14.7 Å². The van der Waals surface area contributed by atoms with Crippen LogP contribution in [0.25, 0.3) is 0 Å². The molecular formula is C17H18FN3O. The van der Waals surface area contributed by atoms with Crippen molar-refractivity contribution in [3.8, 4) is 0 Å². The summed E-state index contributed by atoms with van der Waals surface area (Å²) in [6.07, 6.45) is 3.25. The first-order valence-corrected chi connectivity index (χ1v) is 7.30. The van der Waals surface area contributed by atoms with Crippen molar-refractivity contribution in [1.29, 1.82) is 0 Å². The van der Waals surface area contributed by atoms with E-state index in [9.17, 15) is 9.18 Å². The van der Waals surface area contributed by atoms with Gasteiger partial charge in [0, 0.05) is 37.6 Å². The van der Waals surface area contributed by atoms with E-state index in [0.29, 0.717) is 18.7 Å². The van der Waals surface area contributed by atoms with Gasteiger partial charge in [-0.25, -0.2) is 4.39 Å². The number of amides is 1. The summed E-state index contributed by atoms with van der Waals surface area (Å²) in [5.41, 5.74) is 1.67. The molecule has 1 unspecified atom stereocenters. The van der Waals surface area contributed by atoms with Crippen LogP contribution >= 0.6 is 0 Å². The van der Waals surface area contributed by atoms with Crippen molar-refractivity contribution in [2.45, 2.75) is 6.04 Å². The molecule has 1 aliphatic heterocycles. The number of hydrogen-bond donors (Lipinski definition) is 0. The fourth-order valence-electron chi connectivity index (χ4n) is 2.78. The highest BCUT2D eigenvalue weighted by Gasteiger charge is 2.28. The van der Waals surface area contributed by atoms with Gasteiger partial charge in [0.25, 0.3) is 5.91 Å². The third kappa shape index (κ3) is 2.99. The van der Waals surface area contributed by atoms with E-state index in [-0.39, 0.29) is 17.8 Å². The second kappa shape index (κ2) is 6.23. The number of nitrogens with zero attached hydrogens (tertiary/aromatic N) is 3. The minimum atomic E-state index is -0.244. The van der Waals surface area contributed by atoms with E-state index in [1.165, 1.54) is 12.1 Å². The van der Waals surface area contributed by atoms with Crippen LogP contribution in [0.5, 0.6) is 0 Å². The molecule has 2 aromatic rings. The van der Waals surface area contributed by atoms with Gasteiger partial charge in [-0.15, -0.1) is 0 Å². The van der Waals surface area contributed by atoms with Gasteiger partial charge in [0.1, 0.15) is 5.82 Å². The van der Waals surface area contributed by atoms with Crippen molar-refractivity contribution in [2.24, 2.45) is 0 Å². The second-order valence-electron chi connectivity index (χ2n) is 5.54. The zero-order valence-corrected chi connectivity index (χ0v) is 12.4. The van der Waals surface area contributed by atoms with Gasteiger partial charge >= 0.3 is 0 Å². The topological polar surface area (TPSA) is 36.4 Å². The third-order valence-electron chi connectivity index (χ3n) is 4.12. The molecule has 3 rings (SSSR count). The predicted molar refractivity (Wildman–Crippen MR) is 81.9 cm³/mol. The summed E-state index contributed by atoms with van der Waals surface area (Å²) in [5, 5.41) is 0. The minimum absolute atomic E-state index is 0.0163. The molecule has 114 valence electrons. The zero-order chi connectivity index (χ0) is 15.5. The quantitative estimate of drug-likeness (QED) is 0.854. The molecule has 0 bridgehead atoms. The van der Waals surface area contributed by atoms with Crippen LogP contribution in [0.2, 0.25) is 0 Å². The van der Waals surface area contributed by atoms with Crippen LogP contribution in [0.15, 0.2) is 48.8 Å². The lowest BCUT2D eigenvalue weighted by Crippen LogP contribution is -2.49. The molecular weight excluding hydrogens is 281 g/mol. The molecule has 1 aromatic carbocycles. The number of benzene rings is 1. The molecule has 2 heterocycles. The standard InChI is InChI=1S/C17H18FN3O/c1-20-10-11-21(17(22)14-6-8-19-9-7-14)12-16(20)13-2-4-15(18)5-3-13/h2-9,16H,10-12H2,1H3. The van der Waals surface area contributed by atoms with Crippen LogP contribution in [0, 0.1) is 5.82 Å². The molecule has 0 saturated carbocycles. The molecule has 5 heteroatoms. The Morgan fingerprint density at radius 2 is 1.82 bits per heavy atom. The van der Waals surface area contributed by atoms with Crippen LogP contribution in [0.1, 0.15) is 22.0 Å². The van der Waals surface area contributed by atoms with Crippen molar-refractivity contribution in [3.63, 3.8) is 0 Å². The summed E-state index contributed by atoms with van der Waals surface area (Å²) in [4.78, 5) is 20.5. The molecule has 0 N–H and O–H groups in total. The number of halogens is 1. The number of aromatic nitrogens is 1. The normalized spacial score (nSPS) is 19.2. The van der Waals surface area contributed by atoms with E-state index in [4.69, 9.17) is 0 Å². The van der Waals surface area contributed by atoms with Crippen molar-refractivity contribution < 1.29 is 9.18 Å². The first-order chi connectivity index (χ1) is 10.6. The van der Waals surface area contributed by atoms with E-state index in [1.54, 1.807) is 36.7 Å². The summed E-state index contributed by atoms with van der Waals surface area (Å²) in [6.45, 7) is 2.08. The lowest BCUT2D eigenvalue weighted by molar-refractivity contribution is 0.0546. The van der Waals surface area contributed by atoms with Gasteiger partial charge in [0.05, 0.1) is 6.04 Å². The Kier molecular flexibility index (Phi) is 4.15. The highest BCUT2D eigenvalue weighted by molar-refractivity contribution is 5.94. The average Bonchev–Trinajstić information content (AvgIpc) is 2.56. The van der Waals surface area contributed by atoms with Crippen LogP contribution in [0.3, 0.4) is 0 Å². The summed E-state index contributed by atoms with van der Waals surface area (Å²) >= 11 is 0. The first kappa shape index (κ1) is 14.7. The van der Waals surface area contributed by atoms with Crippen molar-refractivity contribution in [3.05, 3.63) is 65.7 Å². The van der Waals surface area contributed by atoms with Gasteiger partial charge < -0.3 is 4.90 Å². The van der Waals surface area contributed by atoms with Crippen molar-refractivity contribution in [1.82, 2.24) is 14.8 Å². The molecule has 1 atom stereocenters. The predicted octanol–water partition coefficient (Wildman–Crippen LogP) is 2.35. The van der Waals surface area contributed by atoms with Gasteiger partial charge in [-0.1, -0.05) is 12.1 Å². The van der Waals surface area contributed by atoms with E-state index in [1.807, 2.05) is 11.9 Å². The molecule has 22 heavy (non-hydrogen) atoms. The maximum absolute atomic E-state index is 13.1. The second-order valence-corrected chi connectivity index (χ2v) is 5.54. The fraction of sp³-hybridized carbons (Fsp3) is 0.294. The van der Waals surface area contributed by atoms with Gasteiger partial charge in [0.15, 0.2) is 0 Å². The van der Waals surface area contributed by atoms with Crippen LogP contribution in [-0.2, 0) is 0 Å². The molecule has 0 radical (unpaired) electrons. The minimum Gasteiger partial charge on any atom is -0.335 e. The number of piperazine rings is 1. The smallest absolute Gasteiger partial charge is 0.254 e. The Hall–Kier alpha value is -2.27. The summed E-state index contributed by atoms with van der Waals surface area (Å²) in [5.74, 6) is -0.227. The Morgan fingerprint density at radius 1 is 1.14 bits per heavy atom. The monoisotopic (exact) mass is 299 g/mol. The fourth-order valence-corrected chi connectivity index (χ4v) is 2.78. The summed E-state index contributed by atoms with van der Waals surface area (Å²) < 4.78 is 13.1. The molecule has 0 aliphatic carbocycles. The van der Waals surface area contributed by atoms with E-state index < -0.39 is 0 Å². The Labute approximate surface area is 129 Å². The van der Waals surface area contributed by atoms with Crippen LogP contribution in [-0.4, -0.2) is 47.4 Å². The van der Waals surface area contributed by atoms with E-state index in [2.05, 4.69) is 9.88 Å². The van der Waals surface area contributed by atoms with Crippen LogP contribution in [0.4, 0.5) is 4.39 Å². The SMILES string of the molecule is CN1CCN(C(=O)c2ccncc2)CC1c1ccc(F)cc1. The molecule has 1 amide bonds. The molecule has 1 aromatic heterocycles. The number of pyridine rings is 1.